The molecule has 1 N–H and O–H groups in total. The predicted molar refractivity (Wildman–Crippen MR) is 63.6 cm³/mol. The molecule has 1 heteroatoms. The lowest BCUT2D eigenvalue weighted by atomic mass is 9.50. The van der Waals surface area contributed by atoms with Crippen LogP contribution >= 0.6 is 0 Å². The summed E-state index contributed by atoms with van der Waals surface area (Å²) in [5.41, 5.74) is 0.939. The Morgan fingerprint density at radius 1 is 1.13 bits per heavy atom. The molecule has 0 aromatic carbocycles. The third-order valence-corrected chi connectivity index (χ3v) is 5.28. The Balaban J connectivity index is 2.24. The molecule has 4 atom stereocenters. The first-order chi connectivity index (χ1) is 6.85. The lowest BCUT2D eigenvalue weighted by Crippen LogP contribution is -2.49. The minimum atomic E-state index is -0.0551. The Hall–Kier alpha value is -0.0400. The van der Waals surface area contributed by atoms with E-state index < -0.39 is 0 Å². The standard InChI is InChI=1S/C14H26O/c1-10-9-14(4)7-5-6-13(2,3)12(14)8-11(10)15/h10-12,15H,5-9H2,1-4H3. The maximum absolute atomic E-state index is 10.1. The molecule has 0 amide bonds. The third-order valence-electron chi connectivity index (χ3n) is 5.28. The SMILES string of the molecule is CC1CC2(C)CCCC(C)(C)C2CC1O. The summed E-state index contributed by atoms with van der Waals surface area (Å²) in [7, 11) is 0. The molecule has 0 saturated heterocycles. The van der Waals surface area contributed by atoms with Crippen molar-refractivity contribution >= 4 is 0 Å². The fraction of sp³-hybridized carbons (Fsp3) is 1.00. The van der Waals surface area contributed by atoms with Gasteiger partial charge in [0.1, 0.15) is 0 Å². The van der Waals surface area contributed by atoms with Gasteiger partial charge in [-0.2, -0.15) is 0 Å². The molecule has 2 aliphatic rings. The van der Waals surface area contributed by atoms with Crippen LogP contribution in [-0.4, -0.2) is 11.2 Å². The lowest BCUT2D eigenvalue weighted by molar-refractivity contribution is -0.0965. The molecule has 0 bridgehead atoms. The van der Waals surface area contributed by atoms with Crippen molar-refractivity contribution in [2.45, 2.75) is 65.9 Å². The van der Waals surface area contributed by atoms with Crippen LogP contribution in [0.5, 0.6) is 0 Å². The van der Waals surface area contributed by atoms with Crippen molar-refractivity contribution in [3.05, 3.63) is 0 Å². The van der Waals surface area contributed by atoms with Gasteiger partial charge in [-0.3, -0.25) is 0 Å². The topological polar surface area (TPSA) is 20.2 Å². The van der Waals surface area contributed by atoms with E-state index in [2.05, 4.69) is 27.7 Å². The average molecular weight is 210 g/mol. The molecule has 1 nitrogen and oxygen atoms in total. The molecule has 2 fully saturated rings. The predicted octanol–water partition coefficient (Wildman–Crippen LogP) is 3.61. The first-order valence-corrected chi connectivity index (χ1v) is 6.53. The van der Waals surface area contributed by atoms with E-state index in [0.29, 0.717) is 16.7 Å². The smallest absolute Gasteiger partial charge is 0.0569 e. The summed E-state index contributed by atoms with van der Waals surface area (Å²) in [4.78, 5) is 0. The second-order valence-electron chi connectivity index (χ2n) is 7.03. The van der Waals surface area contributed by atoms with Crippen molar-refractivity contribution in [3.8, 4) is 0 Å². The summed E-state index contributed by atoms with van der Waals surface area (Å²) >= 11 is 0. The van der Waals surface area contributed by atoms with E-state index in [-0.39, 0.29) is 6.10 Å². The average Bonchev–Trinajstić information content (AvgIpc) is 2.09. The maximum Gasteiger partial charge on any atom is 0.0569 e. The van der Waals surface area contributed by atoms with Crippen molar-refractivity contribution in [3.63, 3.8) is 0 Å². The van der Waals surface area contributed by atoms with Gasteiger partial charge in [0.15, 0.2) is 0 Å². The monoisotopic (exact) mass is 210 g/mol. The quantitative estimate of drug-likeness (QED) is 0.647. The van der Waals surface area contributed by atoms with Crippen molar-refractivity contribution in [1.29, 1.82) is 0 Å². The van der Waals surface area contributed by atoms with E-state index in [1.165, 1.54) is 25.7 Å². The molecule has 2 aliphatic carbocycles. The van der Waals surface area contributed by atoms with Crippen molar-refractivity contribution < 1.29 is 5.11 Å². The molecule has 0 spiro atoms. The molecular formula is C14H26O. The van der Waals surface area contributed by atoms with Gasteiger partial charge in [-0.05, 0) is 48.3 Å². The molecule has 0 heterocycles. The molecule has 0 radical (unpaired) electrons. The molecule has 2 saturated carbocycles. The minimum absolute atomic E-state index is 0.0551. The van der Waals surface area contributed by atoms with Crippen LogP contribution in [0.4, 0.5) is 0 Å². The molecule has 0 aliphatic heterocycles. The van der Waals surface area contributed by atoms with Gasteiger partial charge in [-0.25, -0.2) is 0 Å². The highest BCUT2D eigenvalue weighted by atomic mass is 16.3. The van der Waals surface area contributed by atoms with E-state index in [0.717, 1.165) is 12.3 Å². The highest BCUT2D eigenvalue weighted by molar-refractivity contribution is 5.00. The molecule has 0 aromatic heterocycles. The van der Waals surface area contributed by atoms with Gasteiger partial charge in [0, 0.05) is 0 Å². The second-order valence-corrected chi connectivity index (χ2v) is 7.03. The zero-order valence-electron chi connectivity index (χ0n) is 10.7. The van der Waals surface area contributed by atoms with Crippen LogP contribution < -0.4 is 0 Å². The van der Waals surface area contributed by atoms with Crippen molar-refractivity contribution in [1.82, 2.24) is 0 Å². The molecule has 4 unspecified atom stereocenters. The van der Waals surface area contributed by atoms with Crippen LogP contribution in [0.25, 0.3) is 0 Å². The van der Waals surface area contributed by atoms with Crippen LogP contribution in [0.2, 0.25) is 0 Å². The summed E-state index contributed by atoms with van der Waals surface area (Å²) < 4.78 is 0. The zero-order valence-corrected chi connectivity index (χ0v) is 10.7. The Kier molecular flexibility index (Phi) is 2.65. The van der Waals surface area contributed by atoms with E-state index in [4.69, 9.17) is 0 Å². The summed E-state index contributed by atoms with van der Waals surface area (Å²) in [6, 6.07) is 0. The number of aliphatic hydroxyl groups excluding tert-OH is 1. The van der Waals surface area contributed by atoms with Crippen LogP contribution in [0.1, 0.15) is 59.8 Å². The fourth-order valence-corrected chi connectivity index (χ4v) is 4.43. The Bertz CT molecular complexity index is 246. The van der Waals surface area contributed by atoms with E-state index in [1.54, 1.807) is 0 Å². The minimum Gasteiger partial charge on any atom is -0.393 e. The number of hydrogen-bond donors (Lipinski definition) is 1. The number of rotatable bonds is 0. The summed E-state index contributed by atoms with van der Waals surface area (Å²) in [5, 5.41) is 10.1. The van der Waals surface area contributed by atoms with Crippen molar-refractivity contribution in [2.75, 3.05) is 0 Å². The van der Waals surface area contributed by atoms with E-state index in [9.17, 15) is 5.11 Å². The van der Waals surface area contributed by atoms with E-state index in [1.807, 2.05) is 0 Å². The normalized spacial score (nSPS) is 49.8. The summed E-state index contributed by atoms with van der Waals surface area (Å²) in [6.45, 7) is 9.48. The van der Waals surface area contributed by atoms with Crippen molar-refractivity contribution in [2.24, 2.45) is 22.7 Å². The van der Waals surface area contributed by atoms with Gasteiger partial charge in [-0.1, -0.05) is 34.1 Å². The maximum atomic E-state index is 10.1. The Labute approximate surface area is 94.3 Å². The third kappa shape index (κ3) is 1.84. The van der Waals surface area contributed by atoms with Crippen LogP contribution in [0.3, 0.4) is 0 Å². The van der Waals surface area contributed by atoms with Gasteiger partial charge in [0.25, 0.3) is 0 Å². The molecule has 0 aromatic rings. The highest BCUT2D eigenvalue weighted by Gasteiger charge is 2.50. The fourth-order valence-electron chi connectivity index (χ4n) is 4.43. The van der Waals surface area contributed by atoms with Gasteiger partial charge in [0.05, 0.1) is 6.10 Å². The molecule has 2 rings (SSSR count). The molecule has 88 valence electrons. The van der Waals surface area contributed by atoms with Crippen LogP contribution in [0, 0.1) is 22.7 Å². The van der Waals surface area contributed by atoms with Crippen LogP contribution in [0.15, 0.2) is 0 Å². The van der Waals surface area contributed by atoms with Gasteiger partial charge in [-0.15, -0.1) is 0 Å². The number of hydrogen-bond acceptors (Lipinski definition) is 1. The largest absolute Gasteiger partial charge is 0.393 e. The summed E-state index contributed by atoms with van der Waals surface area (Å²) in [5.74, 6) is 1.23. The Morgan fingerprint density at radius 2 is 1.80 bits per heavy atom. The highest BCUT2D eigenvalue weighted by Crippen LogP contribution is 2.58. The van der Waals surface area contributed by atoms with Gasteiger partial charge >= 0.3 is 0 Å². The molecular weight excluding hydrogens is 184 g/mol. The summed E-state index contributed by atoms with van der Waals surface area (Å²) in [6.07, 6.45) is 6.29. The second kappa shape index (κ2) is 3.48. The number of aliphatic hydroxyl groups is 1. The lowest BCUT2D eigenvalue weighted by Gasteiger charge is -2.56. The first kappa shape index (κ1) is 11.4. The number of fused-ring (bicyclic) bond motifs is 1. The Morgan fingerprint density at radius 3 is 2.47 bits per heavy atom. The molecule has 15 heavy (non-hydrogen) atoms. The van der Waals surface area contributed by atoms with Crippen LogP contribution in [-0.2, 0) is 0 Å². The van der Waals surface area contributed by atoms with Gasteiger partial charge in [0.2, 0.25) is 0 Å². The zero-order chi connectivity index (χ0) is 11.3. The first-order valence-electron chi connectivity index (χ1n) is 6.53. The van der Waals surface area contributed by atoms with Gasteiger partial charge < -0.3 is 5.11 Å². The van der Waals surface area contributed by atoms with E-state index >= 15 is 0 Å².